The van der Waals surface area contributed by atoms with Gasteiger partial charge in [-0.05, 0) is 24.1 Å². The maximum atomic E-state index is 6.05. The largest absolute Gasteiger partial charge is 0.450 e. The molecule has 0 aliphatic rings. The van der Waals surface area contributed by atoms with E-state index in [2.05, 4.69) is 32.3 Å². The van der Waals surface area contributed by atoms with Gasteiger partial charge in [-0.2, -0.15) is 4.98 Å². The van der Waals surface area contributed by atoms with Crippen LogP contribution in [0.15, 0.2) is 69.9 Å². The zero-order chi connectivity index (χ0) is 19.6. The minimum atomic E-state index is -0.336. The summed E-state index contributed by atoms with van der Waals surface area (Å²) in [6, 6.07) is 17.4. The van der Waals surface area contributed by atoms with E-state index in [0.29, 0.717) is 23.1 Å². The molecule has 29 heavy (non-hydrogen) atoms. The lowest BCUT2D eigenvalue weighted by molar-refractivity contribution is 0.371. The summed E-state index contributed by atoms with van der Waals surface area (Å²) in [5.74, 6) is 1.77. The van der Waals surface area contributed by atoms with Gasteiger partial charge in [0.05, 0.1) is 0 Å². The van der Waals surface area contributed by atoms with Crippen molar-refractivity contribution in [2.45, 2.75) is 25.8 Å². The molecule has 0 fully saturated rings. The molecular formula is C22H19N5O2. The van der Waals surface area contributed by atoms with Gasteiger partial charge in [0.15, 0.2) is 17.2 Å². The summed E-state index contributed by atoms with van der Waals surface area (Å²) in [7, 11) is 0. The summed E-state index contributed by atoms with van der Waals surface area (Å²) in [6.07, 6.45) is 3.22. The standard InChI is InChI=1S/C22H19N5O2/c1-2-8-17-25-21(27-29-17)18(14-9-4-3-5-10-14)26-22-20-19(23-13-24-22)15-11-6-7-12-16(15)28-20/h3-7,9-13,18H,2,8H2,1H3,(H,23,24,26)/t18-/m1/s1. The molecule has 0 spiro atoms. The second kappa shape index (κ2) is 7.35. The van der Waals surface area contributed by atoms with Gasteiger partial charge in [-0.15, -0.1) is 0 Å². The van der Waals surface area contributed by atoms with Gasteiger partial charge in [-0.25, -0.2) is 9.97 Å². The van der Waals surface area contributed by atoms with Crippen LogP contribution in [0.5, 0.6) is 0 Å². The van der Waals surface area contributed by atoms with Crippen molar-refractivity contribution in [3.63, 3.8) is 0 Å². The Morgan fingerprint density at radius 3 is 2.69 bits per heavy atom. The number of benzene rings is 2. The highest BCUT2D eigenvalue weighted by atomic mass is 16.5. The molecule has 1 atom stereocenters. The summed E-state index contributed by atoms with van der Waals surface area (Å²) in [4.78, 5) is 13.4. The van der Waals surface area contributed by atoms with Gasteiger partial charge in [0.2, 0.25) is 5.89 Å². The van der Waals surface area contributed by atoms with Crippen LogP contribution >= 0.6 is 0 Å². The molecule has 0 aliphatic heterocycles. The summed E-state index contributed by atoms with van der Waals surface area (Å²) in [5, 5.41) is 8.60. The lowest BCUT2D eigenvalue weighted by Gasteiger charge is -2.16. The van der Waals surface area contributed by atoms with Crippen molar-refractivity contribution < 1.29 is 8.94 Å². The molecule has 0 saturated heterocycles. The number of fused-ring (bicyclic) bond motifs is 3. The van der Waals surface area contributed by atoms with E-state index in [1.165, 1.54) is 6.33 Å². The number of para-hydroxylation sites is 1. The molecule has 0 saturated carbocycles. The normalized spacial score (nSPS) is 12.4. The third-order valence-electron chi connectivity index (χ3n) is 4.78. The van der Waals surface area contributed by atoms with Crippen LogP contribution in [0.25, 0.3) is 22.1 Å². The SMILES string of the molecule is CCCc1nc([C@H](Nc2ncnc3c2oc2ccccc23)c2ccccc2)no1. The van der Waals surface area contributed by atoms with Crippen LogP contribution in [0.2, 0.25) is 0 Å². The van der Waals surface area contributed by atoms with E-state index in [-0.39, 0.29) is 6.04 Å². The Balaban J connectivity index is 1.60. The third-order valence-corrected chi connectivity index (χ3v) is 4.78. The van der Waals surface area contributed by atoms with E-state index in [1.54, 1.807) is 0 Å². The Kier molecular flexibility index (Phi) is 4.40. The van der Waals surface area contributed by atoms with Gasteiger partial charge < -0.3 is 14.3 Å². The lowest BCUT2D eigenvalue weighted by Crippen LogP contribution is -2.15. The predicted octanol–water partition coefficient (Wildman–Crippen LogP) is 4.91. The Morgan fingerprint density at radius 1 is 1.00 bits per heavy atom. The molecule has 7 nitrogen and oxygen atoms in total. The van der Waals surface area contributed by atoms with Gasteiger partial charge in [-0.3, -0.25) is 0 Å². The van der Waals surface area contributed by atoms with Crippen molar-refractivity contribution in [2.24, 2.45) is 0 Å². The Labute approximate surface area is 166 Å². The molecule has 1 N–H and O–H groups in total. The molecule has 0 unspecified atom stereocenters. The van der Waals surface area contributed by atoms with Crippen LogP contribution in [0, 0.1) is 0 Å². The highest BCUT2D eigenvalue weighted by Gasteiger charge is 2.23. The number of furan rings is 1. The van der Waals surface area contributed by atoms with Crippen LogP contribution in [0.4, 0.5) is 5.82 Å². The van der Waals surface area contributed by atoms with Gasteiger partial charge in [0, 0.05) is 11.8 Å². The average Bonchev–Trinajstić information content (AvgIpc) is 3.38. The van der Waals surface area contributed by atoms with Crippen LogP contribution in [0.1, 0.15) is 36.7 Å². The summed E-state index contributed by atoms with van der Waals surface area (Å²) < 4.78 is 11.5. The van der Waals surface area contributed by atoms with E-state index in [9.17, 15) is 0 Å². The number of aryl methyl sites for hydroxylation is 1. The van der Waals surface area contributed by atoms with Crippen molar-refractivity contribution in [1.29, 1.82) is 0 Å². The molecule has 3 heterocycles. The molecule has 0 radical (unpaired) electrons. The van der Waals surface area contributed by atoms with Crippen molar-refractivity contribution in [2.75, 3.05) is 5.32 Å². The van der Waals surface area contributed by atoms with E-state index in [1.807, 2.05) is 54.6 Å². The Morgan fingerprint density at radius 2 is 1.83 bits per heavy atom. The first kappa shape index (κ1) is 17.4. The molecule has 0 bridgehead atoms. The Bertz CT molecular complexity index is 1260. The molecule has 0 aliphatic carbocycles. The van der Waals surface area contributed by atoms with Gasteiger partial charge in [0.1, 0.15) is 23.5 Å². The molecular weight excluding hydrogens is 366 g/mol. The highest BCUT2D eigenvalue weighted by molar-refractivity contribution is 6.05. The van der Waals surface area contributed by atoms with E-state index in [0.717, 1.165) is 34.9 Å². The summed E-state index contributed by atoms with van der Waals surface area (Å²) >= 11 is 0. The molecule has 5 rings (SSSR count). The van der Waals surface area contributed by atoms with Crippen molar-refractivity contribution in [3.05, 3.63) is 78.2 Å². The molecule has 5 aromatic rings. The highest BCUT2D eigenvalue weighted by Crippen LogP contribution is 2.33. The minimum Gasteiger partial charge on any atom is -0.450 e. The number of rotatable bonds is 6. The fourth-order valence-corrected chi connectivity index (χ4v) is 3.41. The predicted molar refractivity (Wildman–Crippen MR) is 110 cm³/mol. The first-order valence-electron chi connectivity index (χ1n) is 9.59. The molecule has 2 aromatic carbocycles. The van der Waals surface area contributed by atoms with Crippen LogP contribution in [-0.2, 0) is 6.42 Å². The number of nitrogens with one attached hydrogen (secondary N) is 1. The summed E-state index contributed by atoms with van der Waals surface area (Å²) in [6.45, 7) is 2.08. The zero-order valence-electron chi connectivity index (χ0n) is 15.9. The van der Waals surface area contributed by atoms with Crippen LogP contribution in [0.3, 0.4) is 0 Å². The van der Waals surface area contributed by atoms with Crippen LogP contribution in [-0.4, -0.2) is 20.1 Å². The Hall–Kier alpha value is -3.74. The van der Waals surface area contributed by atoms with E-state index in [4.69, 9.17) is 8.94 Å². The average molecular weight is 385 g/mol. The molecule has 0 amide bonds. The van der Waals surface area contributed by atoms with Crippen LogP contribution < -0.4 is 5.32 Å². The second-order valence-electron chi connectivity index (χ2n) is 6.78. The zero-order valence-corrected chi connectivity index (χ0v) is 15.9. The smallest absolute Gasteiger partial charge is 0.226 e. The fourth-order valence-electron chi connectivity index (χ4n) is 3.41. The number of anilines is 1. The minimum absolute atomic E-state index is 0.336. The van der Waals surface area contributed by atoms with E-state index < -0.39 is 0 Å². The second-order valence-corrected chi connectivity index (χ2v) is 6.78. The first-order valence-corrected chi connectivity index (χ1v) is 9.59. The molecule has 144 valence electrons. The summed E-state index contributed by atoms with van der Waals surface area (Å²) in [5.41, 5.74) is 3.14. The van der Waals surface area contributed by atoms with Crippen molar-refractivity contribution >= 4 is 27.9 Å². The molecule has 7 heteroatoms. The van der Waals surface area contributed by atoms with E-state index >= 15 is 0 Å². The first-order chi connectivity index (χ1) is 14.3. The van der Waals surface area contributed by atoms with Gasteiger partial charge in [-0.1, -0.05) is 54.5 Å². The number of hydrogen-bond acceptors (Lipinski definition) is 7. The maximum Gasteiger partial charge on any atom is 0.226 e. The van der Waals surface area contributed by atoms with Crippen molar-refractivity contribution in [1.82, 2.24) is 20.1 Å². The van der Waals surface area contributed by atoms with Gasteiger partial charge >= 0.3 is 0 Å². The number of aromatic nitrogens is 4. The quantitative estimate of drug-likeness (QED) is 0.444. The maximum absolute atomic E-state index is 6.05. The third kappa shape index (κ3) is 3.20. The lowest BCUT2D eigenvalue weighted by atomic mass is 10.1. The number of hydrogen-bond donors (Lipinski definition) is 1. The topological polar surface area (TPSA) is 89.9 Å². The van der Waals surface area contributed by atoms with Gasteiger partial charge in [0.25, 0.3) is 0 Å². The fraction of sp³-hybridized carbons (Fsp3) is 0.182. The van der Waals surface area contributed by atoms with Crippen molar-refractivity contribution in [3.8, 4) is 0 Å². The monoisotopic (exact) mass is 385 g/mol. The molecule has 3 aromatic heterocycles. The number of nitrogens with zero attached hydrogens (tertiary/aromatic N) is 4.